The van der Waals surface area contributed by atoms with Gasteiger partial charge in [0.15, 0.2) is 11.5 Å². The molecule has 0 amide bonds. The van der Waals surface area contributed by atoms with E-state index in [9.17, 15) is 9.90 Å². The molecule has 1 unspecified atom stereocenters. The lowest BCUT2D eigenvalue weighted by molar-refractivity contribution is -0.0102. The van der Waals surface area contributed by atoms with Gasteiger partial charge in [-0.25, -0.2) is 19.3 Å². The molecule has 1 saturated heterocycles. The number of aryl methyl sites for hydroxylation is 1. The lowest BCUT2D eigenvalue weighted by Gasteiger charge is -2.37. The van der Waals surface area contributed by atoms with E-state index in [4.69, 9.17) is 9.97 Å². The van der Waals surface area contributed by atoms with Gasteiger partial charge in [0.1, 0.15) is 11.0 Å². The minimum atomic E-state index is -1.00. The summed E-state index contributed by atoms with van der Waals surface area (Å²) >= 11 is 0. The van der Waals surface area contributed by atoms with Crippen molar-refractivity contribution in [2.75, 3.05) is 37.4 Å². The number of nitrogens with zero attached hydrogens (tertiary/aromatic N) is 7. The fourth-order valence-corrected chi connectivity index (χ4v) is 7.21. The van der Waals surface area contributed by atoms with Crippen LogP contribution in [-0.2, 0) is 18.6 Å². The fourth-order valence-electron chi connectivity index (χ4n) is 7.21. The Bertz CT molecular complexity index is 1790. The van der Waals surface area contributed by atoms with Crippen molar-refractivity contribution in [3.63, 3.8) is 0 Å². The highest BCUT2D eigenvalue weighted by molar-refractivity contribution is 5.77. The minimum absolute atomic E-state index is 0.115. The Labute approximate surface area is 251 Å². The second-order valence-corrected chi connectivity index (χ2v) is 12.9. The first kappa shape index (κ1) is 27.8. The smallest absolute Gasteiger partial charge is 0.278 e. The van der Waals surface area contributed by atoms with Crippen LogP contribution in [0, 0.1) is 12.3 Å². The van der Waals surface area contributed by atoms with Crippen LogP contribution in [-0.4, -0.2) is 67.5 Å². The van der Waals surface area contributed by atoms with Crippen molar-refractivity contribution in [1.29, 1.82) is 0 Å². The van der Waals surface area contributed by atoms with E-state index in [0.717, 1.165) is 56.4 Å². The van der Waals surface area contributed by atoms with Crippen molar-refractivity contribution in [2.45, 2.75) is 64.1 Å². The zero-order valence-electron chi connectivity index (χ0n) is 25.5. The molecule has 1 spiro atoms. The number of aliphatic hydroxyl groups is 1. The van der Waals surface area contributed by atoms with Crippen LogP contribution in [0.2, 0.25) is 0 Å². The monoisotopic (exact) mass is 580 g/mol. The number of hydrogen-bond donors (Lipinski definition) is 2. The third-order valence-corrected chi connectivity index (χ3v) is 10.0. The highest BCUT2D eigenvalue weighted by atomic mass is 16.3. The Morgan fingerprint density at radius 1 is 1.16 bits per heavy atom. The van der Waals surface area contributed by atoms with E-state index in [2.05, 4.69) is 65.9 Å². The van der Waals surface area contributed by atoms with E-state index in [1.807, 2.05) is 19.1 Å². The largest absolute Gasteiger partial charge is 0.383 e. The molecule has 1 atom stereocenters. The van der Waals surface area contributed by atoms with Gasteiger partial charge in [0.2, 0.25) is 5.95 Å². The average molecular weight is 581 g/mol. The Kier molecular flexibility index (Phi) is 6.48. The molecule has 2 fully saturated rings. The first-order valence-electron chi connectivity index (χ1n) is 15.2. The maximum atomic E-state index is 13.5. The molecule has 1 aromatic carbocycles. The molecular formula is C33H40N8O2. The van der Waals surface area contributed by atoms with Gasteiger partial charge in [-0.3, -0.25) is 4.79 Å². The summed E-state index contributed by atoms with van der Waals surface area (Å²) in [5, 5.41) is 15.2. The van der Waals surface area contributed by atoms with E-state index in [1.54, 1.807) is 21.6 Å². The minimum Gasteiger partial charge on any atom is -0.383 e. The van der Waals surface area contributed by atoms with Gasteiger partial charge < -0.3 is 20.2 Å². The molecule has 224 valence electrons. The highest BCUT2D eigenvalue weighted by Crippen LogP contribution is 2.64. The number of anilines is 3. The number of aromatic nitrogens is 5. The van der Waals surface area contributed by atoms with Crippen molar-refractivity contribution >= 4 is 28.4 Å². The third-order valence-electron chi connectivity index (χ3n) is 10.0. The summed E-state index contributed by atoms with van der Waals surface area (Å²) < 4.78 is 3.30. The van der Waals surface area contributed by atoms with E-state index in [1.165, 1.54) is 11.3 Å². The Balaban J connectivity index is 1.22. The van der Waals surface area contributed by atoms with E-state index in [-0.39, 0.29) is 17.5 Å². The average Bonchev–Trinajstić information content (AvgIpc) is 3.68. The number of pyridine rings is 1. The standard InChI is InChI=1S/C33H40N8O2/c1-6-15-40-30(42)25-20-34-31(35-23-8-9-26(21(2)18-23)39-16-11-24(12-17-39)38(4)5)37-29(25)41(40)27-10-7-22-19-33(13-14-33)32(3,43)28(22)36-27/h6-10,18,20,24,43H,1,11-17,19H2,2-5H3,(H,34,35,37). The number of nitrogens with one attached hydrogen (secondary N) is 1. The Morgan fingerprint density at radius 2 is 1.93 bits per heavy atom. The summed E-state index contributed by atoms with van der Waals surface area (Å²) in [6.07, 6.45) is 8.39. The molecule has 43 heavy (non-hydrogen) atoms. The van der Waals surface area contributed by atoms with Crippen molar-refractivity contribution in [1.82, 2.24) is 29.2 Å². The second kappa shape index (κ2) is 10.0. The Morgan fingerprint density at radius 3 is 2.60 bits per heavy atom. The van der Waals surface area contributed by atoms with Crippen LogP contribution < -0.4 is 15.8 Å². The lowest BCUT2D eigenvalue weighted by Crippen LogP contribution is -2.42. The summed E-state index contributed by atoms with van der Waals surface area (Å²) in [6.45, 7) is 10.2. The van der Waals surface area contributed by atoms with Crippen LogP contribution in [0.4, 0.5) is 17.3 Å². The fraction of sp³-hybridized carbons (Fsp3) is 0.455. The van der Waals surface area contributed by atoms with E-state index < -0.39 is 5.60 Å². The van der Waals surface area contributed by atoms with Gasteiger partial charge in [0, 0.05) is 42.1 Å². The molecule has 1 saturated carbocycles. The molecule has 2 aliphatic carbocycles. The summed E-state index contributed by atoms with van der Waals surface area (Å²) in [5.74, 6) is 0.926. The molecule has 3 aromatic heterocycles. The van der Waals surface area contributed by atoms with Gasteiger partial charge in [-0.2, -0.15) is 4.98 Å². The second-order valence-electron chi connectivity index (χ2n) is 12.9. The van der Waals surface area contributed by atoms with E-state index in [0.29, 0.717) is 34.5 Å². The molecule has 0 radical (unpaired) electrons. The van der Waals surface area contributed by atoms with Crippen LogP contribution >= 0.6 is 0 Å². The molecule has 10 heteroatoms. The Hall–Kier alpha value is -4.02. The number of piperidine rings is 1. The lowest BCUT2D eigenvalue weighted by atomic mass is 9.88. The van der Waals surface area contributed by atoms with Gasteiger partial charge in [-0.15, -0.1) is 6.58 Å². The van der Waals surface area contributed by atoms with Crippen molar-refractivity contribution in [2.24, 2.45) is 5.41 Å². The molecule has 3 aliphatic rings. The molecule has 1 aliphatic heterocycles. The van der Waals surface area contributed by atoms with Crippen molar-refractivity contribution in [3.05, 3.63) is 76.4 Å². The summed E-state index contributed by atoms with van der Waals surface area (Å²) in [7, 11) is 4.32. The van der Waals surface area contributed by atoms with Crippen molar-refractivity contribution in [3.8, 4) is 5.82 Å². The van der Waals surface area contributed by atoms with Crippen molar-refractivity contribution < 1.29 is 5.11 Å². The topological polar surface area (TPSA) is 104 Å². The third kappa shape index (κ3) is 4.46. The van der Waals surface area contributed by atoms with Gasteiger partial charge in [0.25, 0.3) is 5.56 Å². The molecule has 4 heterocycles. The van der Waals surface area contributed by atoms with Gasteiger partial charge in [0.05, 0.1) is 12.2 Å². The molecule has 7 rings (SSSR count). The number of rotatable bonds is 7. The molecule has 10 nitrogen and oxygen atoms in total. The van der Waals surface area contributed by atoms with Crippen LogP contribution in [0.3, 0.4) is 0 Å². The number of benzene rings is 1. The summed E-state index contributed by atoms with van der Waals surface area (Å²) in [5.41, 5.74) is 4.20. The zero-order valence-corrected chi connectivity index (χ0v) is 25.5. The quantitative estimate of drug-likeness (QED) is 0.312. The van der Waals surface area contributed by atoms with Gasteiger partial charge in [-0.1, -0.05) is 12.1 Å². The maximum Gasteiger partial charge on any atom is 0.278 e. The molecule has 2 N–H and O–H groups in total. The maximum absolute atomic E-state index is 13.5. The van der Waals surface area contributed by atoms with Crippen LogP contribution in [0.1, 0.15) is 49.4 Å². The molecule has 4 aromatic rings. The van der Waals surface area contributed by atoms with Crippen LogP contribution in [0.5, 0.6) is 0 Å². The predicted molar refractivity (Wildman–Crippen MR) is 169 cm³/mol. The zero-order chi connectivity index (χ0) is 30.1. The first-order chi connectivity index (χ1) is 20.6. The predicted octanol–water partition coefficient (Wildman–Crippen LogP) is 4.29. The normalized spacial score (nSPS) is 21.1. The van der Waals surface area contributed by atoms with E-state index >= 15 is 0 Å². The van der Waals surface area contributed by atoms with Gasteiger partial charge >= 0.3 is 0 Å². The van der Waals surface area contributed by atoms with Crippen LogP contribution in [0.25, 0.3) is 16.9 Å². The number of fused-ring (bicyclic) bond motifs is 2. The van der Waals surface area contributed by atoms with Gasteiger partial charge in [-0.05, 0) is 95.4 Å². The summed E-state index contributed by atoms with van der Waals surface area (Å²) in [4.78, 5) is 32.5. The van der Waals surface area contributed by atoms with Crippen LogP contribution in [0.15, 0.2) is 54.0 Å². The summed E-state index contributed by atoms with van der Waals surface area (Å²) in [6, 6.07) is 10.9. The first-order valence-corrected chi connectivity index (χ1v) is 15.2. The number of hydrogen-bond acceptors (Lipinski definition) is 8. The highest BCUT2D eigenvalue weighted by Gasteiger charge is 2.62. The SMILES string of the molecule is C=CCn1c(=O)c2cnc(Nc3ccc(N4CCC(N(C)C)CC4)c(C)c3)nc2n1-c1ccc2c(n1)C(C)(O)C1(CC1)C2. The number of allylic oxidation sites excluding steroid dienone is 1. The molecule has 0 bridgehead atoms. The molecular weight excluding hydrogens is 540 g/mol.